The van der Waals surface area contributed by atoms with Gasteiger partial charge in [0.15, 0.2) is 0 Å². The predicted octanol–water partition coefficient (Wildman–Crippen LogP) is 3.62. The first-order valence-corrected chi connectivity index (χ1v) is 6.33. The van der Waals surface area contributed by atoms with Crippen LogP contribution in [0.3, 0.4) is 0 Å². The highest BCUT2D eigenvalue weighted by Gasteiger charge is 2.42. The summed E-state index contributed by atoms with van der Waals surface area (Å²) in [4.78, 5) is 4.02. The SMILES string of the molecule is COc1ncccc1NC1CCCC(C(F)(F)F)C1. The van der Waals surface area contributed by atoms with E-state index in [9.17, 15) is 13.2 Å². The van der Waals surface area contributed by atoms with Gasteiger partial charge >= 0.3 is 6.18 Å². The van der Waals surface area contributed by atoms with E-state index in [0.29, 0.717) is 18.0 Å². The molecule has 0 amide bonds. The van der Waals surface area contributed by atoms with E-state index >= 15 is 0 Å². The molecular weight excluding hydrogens is 257 g/mol. The van der Waals surface area contributed by atoms with Crippen molar-refractivity contribution in [1.29, 1.82) is 0 Å². The number of alkyl halides is 3. The zero-order valence-corrected chi connectivity index (χ0v) is 10.7. The molecule has 1 aliphatic rings. The summed E-state index contributed by atoms with van der Waals surface area (Å²) in [7, 11) is 1.49. The molecule has 0 aliphatic heterocycles. The number of nitrogens with zero attached hydrogens (tertiary/aromatic N) is 1. The molecule has 1 N–H and O–H groups in total. The number of methoxy groups -OCH3 is 1. The maximum Gasteiger partial charge on any atom is 0.391 e. The molecular formula is C13H17F3N2O. The second kappa shape index (κ2) is 5.67. The first-order valence-electron chi connectivity index (χ1n) is 6.33. The van der Waals surface area contributed by atoms with E-state index < -0.39 is 12.1 Å². The number of ether oxygens (including phenoxy) is 1. The van der Waals surface area contributed by atoms with Crippen LogP contribution in [-0.2, 0) is 0 Å². The molecule has 0 bridgehead atoms. The van der Waals surface area contributed by atoms with Gasteiger partial charge in [-0.2, -0.15) is 13.2 Å². The third-order valence-corrected chi connectivity index (χ3v) is 3.46. The van der Waals surface area contributed by atoms with Gasteiger partial charge in [-0.25, -0.2) is 4.98 Å². The maximum absolute atomic E-state index is 12.7. The molecule has 0 saturated heterocycles. The zero-order valence-electron chi connectivity index (χ0n) is 10.7. The number of pyridine rings is 1. The molecule has 1 aliphatic carbocycles. The highest BCUT2D eigenvalue weighted by atomic mass is 19.4. The Morgan fingerprint density at radius 2 is 2.16 bits per heavy atom. The molecule has 1 fully saturated rings. The summed E-state index contributed by atoms with van der Waals surface area (Å²) in [6.07, 6.45) is -0.842. The van der Waals surface area contributed by atoms with Crippen molar-refractivity contribution in [2.24, 2.45) is 5.92 Å². The molecule has 1 saturated carbocycles. The lowest BCUT2D eigenvalue weighted by molar-refractivity contribution is -0.182. The van der Waals surface area contributed by atoms with Gasteiger partial charge in [0.05, 0.1) is 18.7 Å². The Labute approximate surface area is 110 Å². The Kier molecular flexibility index (Phi) is 4.17. The Bertz CT molecular complexity index is 423. The van der Waals surface area contributed by atoms with Crippen molar-refractivity contribution in [2.75, 3.05) is 12.4 Å². The van der Waals surface area contributed by atoms with Gasteiger partial charge in [0.2, 0.25) is 5.88 Å². The third kappa shape index (κ3) is 3.52. The van der Waals surface area contributed by atoms with Crippen molar-refractivity contribution in [3.8, 4) is 5.88 Å². The second-order valence-corrected chi connectivity index (χ2v) is 4.81. The highest BCUT2D eigenvalue weighted by molar-refractivity contribution is 5.52. The first kappa shape index (κ1) is 14.0. The van der Waals surface area contributed by atoms with E-state index in [4.69, 9.17) is 4.74 Å². The molecule has 0 radical (unpaired) electrons. The number of hydrogen-bond donors (Lipinski definition) is 1. The largest absolute Gasteiger partial charge is 0.480 e. The van der Waals surface area contributed by atoms with Gasteiger partial charge in [0, 0.05) is 12.2 Å². The standard InChI is InChI=1S/C13H17F3N2O/c1-19-12-11(6-3-7-17-12)18-10-5-2-4-9(8-10)13(14,15)16/h3,6-7,9-10,18H,2,4-5,8H2,1H3. The molecule has 2 atom stereocenters. The van der Waals surface area contributed by atoms with Crippen LogP contribution in [-0.4, -0.2) is 24.3 Å². The number of nitrogens with one attached hydrogen (secondary N) is 1. The average molecular weight is 274 g/mol. The quantitative estimate of drug-likeness (QED) is 0.914. The molecule has 1 aromatic heterocycles. The molecule has 1 heterocycles. The zero-order chi connectivity index (χ0) is 13.9. The van der Waals surface area contributed by atoms with E-state index in [1.807, 2.05) is 0 Å². The van der Waals surface area contributed by atoms with Crippen LogP contribution in [0.1, 0.15) is 25.7 Å². The highest BCUT2D eigenvalue weighted by Crippen LogP contribution is 2.38. The van der Waals surface area contributed by atoms with E-state index in [0.717, 1.165) is 6.42 Å². The molecule has 2 rings (SSSR count). The van der Waals surface area contributed by atoms with Crippen molar-refractivity contribution >= 4 is 5.69 Å². The fraction of sp³-hybridized carbons (Fsp3) is 0.615. The fourth-order valence-electron chi connectivity index (χ4n) is 2.50. The van der Waals surface area contributed by atoms with Gasteiger partial charge in [0.25, 0.3) is 0 Å². The summed E-state index contributed by atoms with van der Waals surface area (Å²) >= 11 is 0. The van der Waals surface area contributed by atoms with Crippen LogP contribution in [0, 0.1) is 5.92 Å². The Morgan fingerprint density at radius 1 is 1.37 bits per heavy atom. The summed E-state index contributed by atoms with van der Waals surface area (Å²) in [5.41, 5.74) is 0.651. The van der Waals surface area contributed by atoms with Crippen molar-refractivity contribution in [1.82, 2.24) is 4.98 Å². The topological polar surface area (TPSA) is 34.1 Å². The van der Waals surface area contributed by atoms with Crippen molar-refractivity contribution in [3.05, 3.63) is 18.3 Å². The summed E-state index contributed by atoms with van der Waals surface area (Å²) in [6.45, 7) is 0. The van der Waals surface area contributed by atoms with Crippen LogP contribution in [0.15, 0.2) is 18.3 Å². The van der Waals surface area contributed by atoms with Crippen LogP contribution in [0.2, 0.25) is 0 Å². The number of halogens is 3. The Morgan fingerprint density at radius 3 is 2.84 bits per heavy atom. The van der Waals surface area contributed by atoms with Gasteiger partial charge < -0.3 is 10.1 Å². The maximum atomic E-state index is 12.7. The van der Waals surface area contributed by atoms with Crippen LogP contribution >= 0.6 is 0 Å². The first-order chi connectivity index (χ1) is 9.00. The lowest BCUT2D eigenvalue weighted by atomic mass is 9.85. The molecule has 0 aromatic carbocycles. The average Bonchev–Trinajstić information content (AvgIpc) is 2.39. The van der Waals surface area contributed by atoms with Crippen molar-refractivity contribution in [3.63, 3.8) is 0 Å². The van der Waals surface area contributed by atoms with Crippen LogP contribution < -0.4 is 10.1 Å². The van der Waals surface area contributed by atoms with Gasteiger partial charge in [0.1, 0.15) is 0 Å². The smallest absolute Gasteiger partial charge is 0.391 e. The summed E-state index contributed by atoms with van der Waals surface area (Å²) < 4.78 is 43.3. The van der Waals surface area contributed by atoms with E-state index in [1.165, 1.54) is 7.11 Å². The Hall–Kier alpha value is -1.46. The summed E-state index contributed by atoms with van der Waals surface area (Å²) in [5, 5.41) is 3.11. The minimum absolute atomic E-state index is 0.113. The van der Waals surface area contributed by atoms with Gasteiger partial charge in [-0.15, -0.1) is 0 Å². The lowest BCUT2D eigenvalue weighted by Gasteiger charge is -2.31. The third-order valence-electron chi connectivity index (χ3n) is 3.46. The fourth-order valence-corrected chi connectivity index (χ4v) is 2.50. The number of rotatable bonds is 3. The van der Waals surface area contributed by atoms with E-state index in [1.54, 1.807) is 18.3 Å². The van der Waals surface area contributed by atoms with Gasteiger partial charge in [-0.1, -0.05) is 6.42 Å². The molecule has 6 heteroatoms. The van der Waals surface area contributed by atoms with E-state index in [2.05, 4.69) is 10.3 Å². The molecule has 1 aromatic rings. The van der Waals surface area contributed by atoms with Crippen molar-refractivity contribution in [2.45, 2.75) is 37.9 Å². The number of aromatic nitrogens is 1. The van der Waals surface area contributed by atoms with Crippen LogP contribution in [0.4, 0.5) is 18.9 Å². The Balaban J connectivity index is 2.03. The number of anilines is 1. The monoisotopic (exact) mass is 274 g/mol. The molecule has 19 heavy (non-hydrogen) atoms. The van der Waals surface area contributed by atoms with Gasteiger partial charge in [-0.3, -0.25) is 0 Å². The summed E-state index contributed by atoms with van der Waals surface area (Å²) in [6, 6.07) is 3.32. The molecule has 0 spiro atoms. The van der Waals surface area contributed by atoms with Crippen LogP contribution in [0.25, 0.3) is 0 Å². The lowest BCUT2D eigenvalue weighted by Crippen LogP contribution is -2.34. The van der Waals surface area contributed by atoms with Crippen molar-refractivity contribution < 1.29 is 17.9 Å². The second-order valence-electron chi connectivity index (χ2n) is 4.81. The minimum atomic E-state index is -4.10. The summed E-state index contributed by atoms with van der Waals surface area (Å²) in [5.74, 6) is -0.793. The molecule has 3 nitrogen and oxygen atoms in total. The minimum Gasteiger partial charge on any atom is -0.480 e. The van der Waals surface area contributed by atoms with Crippen LogP contribution in [0.5, 0.6) is 5.88 Å². The molecule has 106 valence electrons. The van der Waals surface area contributed by atoms with Gasteiger partial charge in [-0.05, 0) is 31.4 Å². The predicted molar refractivity (Wildman–Crippen MR) is 66.2 cm³/mol. The van der Waals surface area contributed by atoms with E-state index in [-0.39, 0.29) is 18.9 Å². The normalized spacial score (nSPS) is 24.0. The molecule has 2 unspecified atom stereocenters. The number of hydrogen-bond acceptors (Lipinski definition) is 3.